The lowest BCUT2D eigenvalue weighted by Crippen LogP contribution is -2.38. The second kappa shape index (κ2) is 6.00. The van der Waals surface area contributed by atoms with Crippen molar-refractivity contribution in [3.63, 3.8) is 0 Å². The standard InChI is InChI=1S/C14H18N2O4/c1-9-3-2-4-12(13(9)16(19)20)14(18)15-10-5-7-11(17)8-6-10/h2-4,10-11,17H,5-8H2,1H3,(H,15,18). The molecular formula is C14H18N2O4. The Bertz CT molecular complexity index is 522. The number of amides is 1. The number of carbonyl (C=O) groups is 1. The van der Waals surface area contributed by atoms with Crippen molar-refractivity contribution in [2.45, 2.75) is 44.8 Å². The van der Waals surface area contributed by atoms with E-state index in [0.717, 1.165) is 0 Å². The molecule has 0 unspecified atom stereocenters. The third kappa shape index (κ3) is 3.14. The molecular weight excluding hydrogens is 260 g/mol. The second-order valence-corrected chi connectivity index (χ2v) is 5.21. The van der Waals surface area contributed by atoms with E-state index >= 15 is 0 Å². The average molecular weight is 278 g/mol. The number of nitrogens with zero attached hydrogens (tertiary/aromatic N) is 1. The van der Waals surface area contributed by atoms with Crippen LogP contribution in [0, 0.1) is 17.0 Å². The summed E-state index contributed by atoms with van der Waals surface area (Å²) in [7, 11) is 0. The molecule has 0 heterocycles. The maximum atomic E-state index is 12.2. The van der Waals surface area contributed by atoms with Crippen LogP contribution in [0.4, 0.5) is 5.69 Å². The van der Waals surface area contributed by atoms with E-state index < -0.39 is 10.8 Å². The highest BCUT2D eigenvalue weighted by Crippen LogP contribution is 2.24. The smallest absolute Gasteiger partial charge is 0.285 e. The fourth-order valence-electron chi connectivity index (χ4n) is 2.57. The Kier molecular flexibility index (Phi) is 4.34. The van der Waals surface area contributed by atoms with Crippen LogP contribution in [-0.4, -0.2) is 28.1 Å². The lowest BCUT2D eigenvalue weighted by molar-refractivity contribution is -0.385. The predicted octanol–water partition coefficient (Wildman–Crippen LogP) is 1.94. The highest BCUT2D eigenvalue weighted by atomic mass is 16.6. The third-order valence-electron chi connectivity index (χ3n) is 3.70. The van der Waals surface area contributed by atoms with Crippen LogP contribution in [0.25, 0.3) is 0 Å². The van der Waals surface area contributed by atoms with Crippen LogP contribution in [0.3, 0.4) is 0 Å². The molecule has 108 valence electrons. The van der Waals surface area contributed by atoms with Crippen molar-refractivity contribution in [3.8, 4) is 0 Å². The second-order valence-electron chi connectivity index (χ2n) is 5.21. The van der Waals surface area contributed by atoms with E-state index in [9.17, 15) is 20.0 Å². The first-order valence-corrected chi connectivity index (χ1v) is 6.72. The van der Waals surface area contributed by atoms with Crippen molar-refractivity contribution in [1.29, 1.82) is 0 Å². The summed E-state index contributed by atoms with van der Waals surface area (Å²) >= 11 is 0. The summed E-state index contributed by atoms with van der Waals surface area (Å²) in [5, 5.41) is 23.3. The zero-order valence-corrected chi connectivity index (χ0v) is 11.3. The van der Waals surface area contributed by atoms with Gasteiger partial charge in [0.2, 0.25) is 0 Å². The van der Waals surface area contributed by atoms with Gasteiger partial charge in [-0.2, -0.15) is 0 Å². The fourth-order valence-corrected chi connectivity index (χ4v) is 2.57. The van der Waals surface area contributed by atoms with E-state index in [0.29, 0.717) is 31.2 Å². The topological polar surface area (TPSA) is 92.5 Å². The SMILES string of the molecule is Cc1cccc(C(=O)NC2CCC(O)CC2)c1[N+](=O)[O-]. The average Bonchev–Trinajstić information content (AvgIpc) is 2.40. The van der Waals surface area contributed by atoms with Gasteiger partial charge < -0.3 is 10.4 Å². The van der Waals surface area contributed by atoms with Crippen LogP contribution in [0.1, 0.15) is 41.6 Å². The monoisotopic (exact) mass is 278 g/mol. The Balaban J connectivity index is 2.13. The van der Waals surface area contributed by atoms with Gasteiger partial charge >= 0.3 is 0 Å². The minimum atomic E-state index is -0.519. The Hall–Kier alpha value is -1.95. The molecule has 6 heteroatoms. The van der Waals surface area contributed by atoms with Gasteiger partial charge in [-0.05, 0) is 38.7 Å². The molecule has 1 amide bonds. The number of benzene rings is 1. The first-order valence-electron chi connectivity index (χ1n) is 6.72. The fraction of sp³-hybridized carbons (Fsp3) is 0.500. The number of carbonyl (C=O) groups excluding carboxylic acids is 1. The maximum absolute atomic E-state index is 12.2. The van der Waals surface area contributed by atoms with Gasteiger partial charge in [0.15, 0.2) is 0 Å². The van der Waals surface area contributed by atoms with Crippen LogP contribution >= 0.6 is 0 Å². The zero-order chi connectivity index (χ0) is 14.7. The molecule has 20 heavy (non-hydrogen) atoms. The summed E-state index contributed by atoms with van der Waals surface area (Å²) in [4.78, 5) is 22.7. The molecule has 0 saturated heterocycles. The van der Waals surface area contributed by atoms with Crippen molar-refractivity contribution in [2.75, 3.05) is 0 Å². The molecule has 1 aromatic rings. The van der Waals surface area contributed by atoms with Gasteiger partial charge in [-0.15, -0.1) is 0 Å². The van der Waals surface area contributed by atoms with E-state index in [-0.39, 0.29) is 23.4 Å². The number of aliphatic hydroxyl groups excluding tert-OH is 1. The summed E-state index contributed by atoms with van der Waals surface area (Å²) in [5.41, 5.74) is 0.434. The van der Waals surface area contributed by atoms with E-state index in [2.05, 4.69) is 5.32 Å². The number of nitro benzene ring substituents is 1. The van der Waals surface area contributed by atoms with Crippen molar-refractivity contribution >= 4 is 11.6 Å². The molecule has 2 rings (SSSR count). The van der Waals surface area contributed by atoms with Gasteiger partial charge in [0.1, 0.15) is 5.56 Å². The van der Waals surface area contributed by atoms with Gasteiger partial charge in [0.25, 0.3) is 11.6 Å². The molecule has 0 spiro atoms. The number of para-hydroxylation sites is 1. The molecule has 1 aromatic carbocycles. The minimum Gasteiger partial charge on any atom is -0.393 e. The van der Waals surface area contributed by atoms with Crippen LogP contribution < -0.4 is 5.32 Å². The van der Waals surface area contributed by atoms with E-state index in [1.165, 1.54) is 6.07 Å². The Morgan fingerprint density at radius 1 is 1.35 bits per heavy atom. The van der Waals surface area contributed by atoms with Gasteiger partial charge in [-0.1, -0.05) is 12.1 Å². The number of nitrogens with one attached hydrogen (secondary N) is 1. The Labute approximate surface area is 117 Å². The van der Waals surface area contributed by atoms with Crippen molar-refractivity contribution in [2.24, 2.45) is 0 Å². The number of aryl methyl sites for hydroxylation is 1. The first kappa shape index (κ1) is 14.5. The molecule has 2 N–H and O–H groups in total. The molecule has 1 aliphatic rings. The van der Waals surface area contributed by atoms with Crippen LogP contribution in [0.5, 0.6) is 0 Å². The third-order valence-corrected chi connectivity index (χ3v) is 3.70. The highest BCUT2D eigenvalue weighted by Gasteiger charge is 2.26. The van der Waals surface area contributed by atoms with Gasteiger partial charge in [-0.25, -0.2) is 0 Å². The van der Waals surface area contributed by atoms with Gasteiger partial charge in [0, 0.05) is 11.6 Å². The predicted molar refractivity (Wildman–Crippen MR) is 73.6 cm³/mol. The lowest BCUT2D eigenvalue weighted by Gasteiger charge is -2.26. The van der Waals surface area contributed by atoms with E-state index in [1.54, 1.807) is 19.1 Å². The van der Waals surface area contributed by atoms with Crippen LogP contribution in [-0.2, 0) is 0 Å². The Morgan fingerprint density at radius 3 is 2.60 bits per heavy atom. The molecule has 1 aliphatic carbocycles. The number of hydrogen-bond donors (Lipinski definition) is 2. The highest BCUT2D eigenvalue weighted by molar-refractivity contribution is 5.98. The summed E-state index contributed by atoms with van der Waals surface area (Å²) < 4.78 is 0. The summed E-state index contributed by atoms with van der Waals surface area (Å²) in [6, 6.07) is 4.71. The maximum Gasteiger partial charge on any atom is 0.285 e. The normalized spacial score (nSPS) is 22.3. The summed E-state index contributed by atoms with van der Waals surface area (Å²) in [6.07, 6.45) is 2.41. The molecule has 0 aromatic heterocycles. The lowest BCUT2D eigenvalue weighted by atomic mass is 9.93. The van der Waals surface area contributed by atoms with Crippen molar-refractivity contribution < 1.29 is 14.8 Å². The van der Waals surface area contributed by atoms with Crippen molar-refractivity contribution in [3.05, 3.63) is 39.4 Å². The van der Waals surface area contributed by atoms with Crippen LogP contribution in [0.2, 0.25) is 0 Å². The molecule has 1 fully saturated rings. The quantitative estimate of drug-likeness (QED) is 0.652. The molecule has 1 saturated carbocycles. The van der Waals surface area contributed by atoms with Crippen molar-refractivity contribution in [1.82, 2.24) is 5.32 Å². The largest absolute Gasteiger partial charge is 0.393 e. The number of nitro groups is 1. The van der Waals surface area contributed by atoms with E-state index in [4.69, 9.17) is 0 Å². The van der Waals surface area contributed by atoms with E-state index in [1.807, 2.05) is 0 Å². The van der Waals surface area contributed by atoms with Crippen LogP contribution in [0.15, 0.2) is 18.2 Å². The Morgan fingerprint density at radius 2 is 2.00 bits per heavy atom. The molecule has 0 aliphatic heterocycles. The van der Waals surface area contributed by atoms with Gasteiger partial charge in [0.05, 0.1) is 11.0 Å². The zero-order valence-electron chi connectivity index (χ0n) is 11.3. The molecule has 0 radical (unpaired) electrons. The number of aliphatic hydroxyl groups is 1. The van der Waals surface area contributed by atoms with Gasteiger partial charge in [-0.3, -0.25) is 14.9 Å². The number of hydrogen-bond acceptors (Lipinski definition) is 4. The summed E-state index contributed by atoms with van der Waals surface area (Å²) in [6.45, 7) is 1.62. The minimum absolute atomic E-state index is 0.0222. The summed E-state index contributed by atoms with van der Waals surface area (Å²) in [5.74, 6) is -0.415. The number of rotatable bonds is 3. The molecule has 0 atom stereocenters. The first-order chi connectivity index (χ1) is 9.49. The molecule has 6 nitrogen and oxygen atoms in total. The molecule has 0 bridgehead atoms.